The van der Waals surface area contributed by atoms with Gasteiger partial charge >= 0.3 is 0 Å². The van der Waals surface area contributed by atoms with Crippen LogP contribution >= 0.6 is 34.5 Å². The van der Waals surface area contributed by atoms with Crippen molar-refractivity contribution in [3.63, 3.8) is 0 Å². The van der Waals surface area contributed by atoms with Gasteiger partial charge in [-0.3, -0.25) is 4.79 Å². The number of rotatable bonds is 3. The molecule has 1 aromatic heterocycles. The molecule has 2 nitrogen and oxygen atoms in total. The summed E-state index contributed by atoms with van der Waals surface area (Å²) in [6.07, 6.45) is 3.41. The van der Waals surface area contributed by atoms with Crippen LogP contribution in [0.25, 0.3) is 0 Å². The first kappa shape index (κ1) is 14.9. The summed E-state index contributed by atoms with van der Waals surface area (Å²) in [7, 11) is 0. The molecule has 2 aromatic rings. The van der Waals surface area contributed by atoms with Crippen molar-refractivity contribution in [2.45, 2.75) is 32.2 Å². The van der Waals surface area contributed by atoms with Gasteiger partial charge in [0, 0.05) is 14.9 Å². The topological polar surface area (TPSA) is 29.1 Å². The van der Waals surface area contributed by atoms with E-state index in [1.165, 1.54) is 16.9 Å². The highest BCUT2D eigenvalue weighted by Gasteiger charge is 2.20. The molecule has 0 spiro atoms. The summed E-state index contributed by atoms with van der Waals surface area (Å²) in [5, 5.41) is 4.17. The summed E-state index contributed by atoms with van der Waals surface area (Å²) in [6, 6.07) is 7.20. The van der Waals surface area contributed by atoms with Crippen LogP contribution in [-0.4, -0.2) is 5.91 Å². The van der Waals surface area contributed by atoms with Crippen molar-refractivity contribution < 1.29 is 4.79 Å². The fraction of sp³-hybridized carbons (Fsp3) is 0.312. The van der Waals surface area contributed by atoms with Gasteiger partial charge < -0.3 is 5.32 Å². The number of carbonyl (C=O) groups excluding carboxylic acids is 1. The third-order valence-corrected chi connectivity index (χ3v) is 5.55. The van der Waals surface area contributed by atoms with Crippen LogP contribution in [-0.2, 0) is 12.8 Å². The van der Waals surface area contributed by atoms with Crippen LogP contribution in [0.1, 0.15) is 45.1 Å². The van der Waals surface area contributed by atoms with Crippen molar-refractivity contribution in [1.82, 2.24) is 5.32 Å². The van der Waals surface area contributed by atoms with Gasteiger partial charge in [0.2, 0.25) is 0 Å². The zero-order valence-electron chi connectivity index (χ0n) is 11.6. The van der Waals surface area contributed by atoms with E-state index in [1.54, 1.807) is 23.5 Å². The van der Waals surface area contributed by atoms with E-state index in [2.05, 4.69) is 5.32 Å². The smallest absolute Gasteiger partial charge is 0.261 e. The Bertz CT molecular complexity index is 674. The fourth-order valence-electron chi connectivity index (χ4n) is 2.64. The normalized spacial score (nSPS) is 14.8. The maximum Gasteiger partial charge on any atom is 0.261 e. The van der Waals surface area contributed by atoms with E-state index in [0.29, 0.717) is 10.0 Å². The molecule has 0 radical (unpaired) electrons. The third kappa shape index (κ3) is 3.10. The van der Waals surface area contributed by atoms with Crippen molar-refractivity contribution in [2.75, 3.05) is 0 Å². The van der Waals surface area contributed by atoms with E-state index in [1.807, 2.05) is 19.1 Å². The second-order valence-electron chi connectivity index (χ2n) is 5.27. The number of fused-ring (bicyclic) bond motifs is 1. The Labute approximate surface area is 138 Å². The first-order chi connectivity index (χ1) is 10.0. The van der Waals surface area contributed by atoms with Crippen LogP contribution in [0.15, 0.2) is 24.3 Å². The lowest BCUT2D eigenvalue weighted by molar-refractivity contribution is 0.0944. The molecule has 1 aliphatic rings. The third-order valence-electron chi connectivity index (χ3n) is 3.75. The van der Waals surface area contributed by atoms with Crippen LogP contribution in [0.5, 0.6) is 0 Å². The van der Waals surface area contributed by atoms with Gasteiger partial charge in [-0.1, -0.05) is 29.3 Å². The minimum Gasteiger partial charge on any atom is -0.345 e. The molecule has 1 amide bonds. The van der Waals surface area contributed by atoms with Gasteiger partial charge in [-0.15, -0.1) is 11.3 Å². The van der Waals surface area contributed by atoms with Crippen molar-refractivity contribution >= 4 is 40.4 Å². The maximum atomic E-state index is 12.3. The first-order valence-corrected chi connectivity index (χ1v) is 8.49. The first-order valence-electron chi connectivity index (χ1n) is 6.92. The Morgan fingerprint density at radius 3 is 2.81 bits per heavy atom. The molecular weight excluding hydrogens is 325 g/mol. The van der Waals surface area contributed by atoms with Crippen LogP contribution < -0.4 is 5.32 Å². The summed E-state index contributed by atoms with van der Waals surface area (Å²) in [4.78, 5) is 14.5. The second-order valence-corrected chi connectivity index (χ2v) is 7.25. The van der Waals surface area contributed by atoms with E-state index >= 15 is 0 Å². The zero-order chi connectivity index (χ0) is 15.0. The molecule has 3 rings (SSSR count). The number of hydrogen-bond acceptors (Lipinski definition) is 2. The zero-order valence-corrected chi connectivity index (χ0v) is 13.9. The molecule has 5 heteroatoms. The number of halogens is 2. The number of carbonyl (C=O) groups is 1. The molecule has 1 aromatic carbocycles. The minimum atomic E-state index is -0.154. The molecule has 0 saturated carbocycles. The molecule has 1 atom stereocenters. The SMILES string of the molecule is CC(NC(=O)c1cc2c(s1)CCC2)c1ccc(Cl)cc1Cl. The lowest BCUT2D eigenvalue weighted by Gasteiger charge is -2.15. The summed E-state index contributed by atoms with van der Waals surface area (Å²) in [5.74, 6) is -0.0343. The molecule has 1 heterocycles. The molecule has 1 unspecified atom stereocenters. The van der Waals surface area contributed by atoms with E-state index < -0.39 is 0 Å². The largest absolute Gasteiger partial charge is 0.345 e. The van der Waals surface area contributed by atoms with E-state index in [9.17, 15) is 4.79 Å². The predicted octanol–water partition coefficient (Wildman–Crippen LogP) is 5.03. The van der Waals surface area contributed by atoms with E-state index in [4.69, 9.17) is 23.2 Å². The van der Waals surface area contributed by atoms with Gasteiger partial charge in [0.15, 0.2) is 0 Å². The Hall–Kier alpha value is -1.03. The average Bonchev–Trinajstić information content (AvgIpc) is 2.98. The number of nitrogens with one attached hydrogen (secondary N) is 1. The fourth-order valence-corrected chi connectivity index (χ4v) is 4.37. The lowest BCUT2D eigenvalue weighted by atomic mass is 10.1. The Morgan fingerprint density at radius 2 is 2.10 bits per heavy atom. The molecule has 0 aliphatic heterocycles. The summed E-state index contributed by atoms with van der Waals surface area (Å²) >= 11 is 13.7. The summed E-state index contributed by atoms with van der Waals surface area (Å²) in [5.41, 5.74) is 2.21. The lowest BCUT2D eigenvalue weighted by Crippen LogP contribution is -2.26. The number of benzene rings is 1. The quantitative estimate of drug-likeness (QED) is 0.834. The second kappa shape index (κ2) is 5.99. The maximum absolute atomic E-state index is 12.3. The molecule has 0 saturated heterocycles. The molecule has 0 fully saturated rings. The van der Waals surface area contributed by atoms with Crippen molar-refractivity contribution in [1.29, 1.82) is 0 Å². The number of hydrogen-bond donors (Lipinski definition) is 1. The van der Waals surface area contributed by atoms with Gasteiger partial charge in [0.05, 0.1) is 10.9 Å². The number of thiophene rings is 1. The highest BCUT2D eigenvalue weighted by atomic mass is 35.5. The van der Waals surface area contributed by atoms with Gasteiger partial charge in [0.25, 0.3) is 5.91 Å². The summed E-state index contributed by atoms with van der Waals surface area (Å²) < 4.78 is 0. The average molecular weight is 340 g/mol. The van der Waals surface area contributed by atoms with Crippen LogP contribution in [0.4, 0.5) is 0 Å². The van der Waals surface area contributed by atoms with Gasteiger partial charge in [-0.05, 0) is 55.5 Å². The molecule has 110 valence electrons. The monoisotopic (exact) mass is 339 g/mol. The molecule has 1 N–H and O–H groups in total. The van der Waals surface area contributed by atoms with Crippen molar-refractivity contribution in [3.05, 3.63) is 55.2 Å². The minimum absolute atomic E-state index is 0.0343. The number of aryl methyl sites for hydroxylation is 2. The van der Waals surface area contributed by atoms with E-state index in [0.717, 1.165) is 23.3 Å². The molecule has 0 bridgehead atoms. The van der Waals surface area contributed by atoms with Crippen molar-refractivity contribution in [3.8, 4) is 0 Å². The predicted molar refractivity (Wildman–Crippen MR) is 88.7 cm³/mol. The Kier molecular flexibility index (Phi) is 4.25. The number of amides is 1. The highest BCUT2D eigenvalue weighted by Crippen LogP contribution is 2.31. The van der Waals surface area contributed by atoms with Crippen LogP contribution in [0.2, 0.25) is 10.0 Å². The summed E-state index contributed by atoms with van der Waals surface area (Å²) in [6.45, 7) is 1.92. The van der Waals surface area contributed by atoms with Crippen LogP contribution in [0.3, 0.4) is 0 Å². The van der Waals surface area contributed by atoms with E-state index in [-0.39, 0.29) is 11.9 Å². The van der Waals surface area contributed by atoms with Crippen molar-refractivity contribution in [2.24, 2.45) is 0 Å². The van der Waals surface area contributed by atoms with Gasteiger partial charge in [0.1, 0.15) is 0 Å². The Balaban J connectivity index is 1.74. The molecule has 21 heavy (non-hydrogen) atoms. The molecule has 1 aliphatic carbocycles. The molecular formula is C16H15Cl2NOS. The van der Waals surface area contributed by atoms with Gasteiger partial charge in [-0.25, -0.2) is 0 Å². The highest BCUT2D eigenvalue weighted by molar-refractivity contribution is 7.14. The standard InChI is InChI=1S/C16H15Cl2NOS/c1-9(12-6-5-11(17)8-13(12)18)19-16(20)15-7-10-3-2-4-14(10)21-15/h5-9H,2-4H2,1H3,(H,19,20). The van der Waals surface area contributed by atoms with Crippen LogP contribution in [0, 0.1) is 0 Å². The van der Waals surface area contributed by atoms with Gasteiger partial charge in [-0.2, -0.15) is 0 Å². The Morgan fingerprint density at radius 1 is 1.29 bits per heavy atom.